The van der Waals surface area contributed by atoms with Crippen LogP contribution in [0.25, 0.3) is 21.5 Å². The summed E-state index contributed by atoms with van der Waals surface area (Å²) in [6.07, 6.45) is 0. The maximum absolute atomic E-state index is 11.1. The molecule has 0 saturated carbocycles. The fourth-order valence-electron chi connectivity index (χ4n) is 7.98. The molecular formula is C46H50N2O8. The van der Waals surface area contributed by atoms with E-state index in [-0.39, 0.29) is 17.8 Å². The minimum atomic E-state index is -0.241. The summed E-state index contributed by atoms with van der Waals surface area (Å²) in [5, 5.41) is 26.0. The van der Waals surface area contributed by atoms with Crippen LogP contribution in [-0.2, 0) is 9.47 Å². The highest BCUT2D eigenvalue weighted by Crippen LogP contribution is 2.46. The highest BCUT2D eigenvalue weighted by atomic mass is 16.5. The van der Waals surface area contributed by atoms with Crippen LogP contribution in [-0.4, -0.2) is 101 Å². The second-order valence-corrected chi connectivity index (χ2v) is 13.8. The summed E-state index contributed by atoms with van der Waals surface area (Å²) in [7, 11) is 6.59. The molecule has 0 radical (unpaired) electrons. The first-order chi connectivity index (χ1) is 27.4. The third-order valence-corrected chi connectivity index (χ3v) is 10.7. The van der Waals surface area contributed by atoms with Crippen molar-refractivity contribution in [3.8, 4) is 34.5 Å². The summed E-state index contributed by atoms with van der Waals surface area (Å²) in [6, 6.07) is 35.3. The van der Waals surface area contributed by atoms with Gasteiger partial charge in [-0.05, 0) is 69.6 Å². The number of hydrogen-bond donors (Lipinski definition) is 2. The van der Waals surface area contributed by atoms with E-state index in [0.717, 1.165) is 75.9 Å². The van der Waals surface area contributed by atoms with Crippen LogP contribution < -0.4 is 18.9 Å². The SMILES string of the molecule is COc1ccc2ccc(O)c(C(c3cccc(OC)c3OC)N3CCOCC3)c2c1.COc1ccc2ccc(O)c(C(c3ccccc3)N3CCOCC3)c2c1. The molecule has 2 atom stereocenters. The Morgan fingerprint density at radius 2 is 1.02 bits per heavy atom. The molecule has 6 aromatic rings. The molecule has 2 heterocycles. The van der Waals surface area contributed by atoms with E-state index in [2.05, 4.69) is 21.9 Å². The average molecular weight is 759 g/mol. The van der Waals surface area contributed by atoms with Crippen LogP contribution in [0.5, 0.6) is 34.5 Å². The molecule has 8 rings (SSSR count). The predicted molar refractivity (Wildman–Crippen MR) is 219 cm³/mol. The Labute approximate surface area is 328 Å². The third kappa shape index (κ3) is 8.06. The van der Waals surface area contributed by atoms with Crippen molar-refractivity contribution in [3.63, 3.8) is 0 Å². The van der Waals surface area contributed by atoms with Gasteiger partial charge in [0, 0.05) is 42.9 Å². The molecule has 2 N–H and O–H groups in total. The largest absolute Gasteiger partial charge is 0.508 e. The lowest BCUT2D eigenvalue weighted by Crippen LogP contribution is -2.39. The normalized spacial score (nSPS) is 16.1. The van der Waals surface area contributed by atoms with Crippen LogP contribution in [0.3, 0.4) is 0 Å². The summed E-state index contributed by atoms with van der Waals surface area (Å²) >= 11 is 0. The molecule has 2 unspecified atom stereocenters. The van der Waals surface area contributed by atoms with E-state index < -0.39 is 0 Å². The molecule has 2 aliphatic rings. The van der Waals surface area contributed by atoms with E-state index in [4.69, 9.17) is 28.4 Å². The molecule has 0 aliphatic carbocycles. The average Bonchev–Trinajstić information content (AvgIpc) is 3.26. The van der Waals surface area contributed by atoms with E-state index in [1.54, 1.807) is 40.6 Å². The smallest absolute Gasteiger partial charge is 0.165 e. The van der Waals surface area contributed by atoms with Gasteiger partial charge >= 0.3 is 0 Å². The zero-order valence-electron chi connectivity index (χ0n) is 32.4. The number of fused-ring (bicyclic) bond motifs is 2. The summed E-state index contributed by atoms with van der Waals surface area (Å²) in [6.45, 7) is 5.83. The molecule has 6 aromatic carbocycles. The van der Waals surface area contributed by atoms with Gasteiger partial charge in [0.1, 0.15) is 23.0 Å². The van der Waals surface area contributed by atoms with Crippen molar-refractivity contribution < 1.29 is 38.6 Å². The molecule has 10 nitrogen and oxygen atoms in total. The number of para-hydroxylation sites is 1. The fraction of sp³-hybridized carbons (Fsp3) is 0.304. The molecule has 0 aromatic heterocycles. The number of aromatic hydroxyl groups is 2. The number of nitrogens with zero attached hydrogens (tertiary/aromatic N) is 2. The lowest BCUT2D eigenvalue weighted by molar-refractivity contribution is 0.0234. The minimum Gasteiger partial charge on any atom is -0.508 e. The van der Waals surface area contributed by atoms with Gasteiger partial charge in [0.15, 0.2) is 11.5 Å². The van der Waals surface area contributed by atoms with Gasteiger partial charge in [-0.25, -0.2) is 0 Å². The van der Waals surface area contributed by atoms with Gasteiger partial charge in [0.2, 0.25) is 0 Å². The summed E-state index contributed by atoms with van der Waals surface area (Å²) in [5.74, 6) is 3.40. The van der Waals surface area contributed by atoms with Crippen molar-refractivity contribution in [1.29, 1.82) is 0 Å². The minimum absolute atomic E-state index is 0.0316. The Balaban J connectivity index is 0.000000173. The van der Waals surface area contributed by atoms with Crippen molar-refractivity contribution in [2.24, 2.45) is 0 Å². The van der Waals surface area contributed by atoms with Crippen LogP contribution >= 0.6 is 0 Å². The monoisotopic (exact) mass is 758 g/mol. The van der Waals surface area contributed by atoms with E-state index in [1.165, 1.54) is 5.56 Å². The molecule has 0 spiro atoms. The van der Waals surface area contributed by atoms with Crippen molar-refractivity contribution in [2.75, 3.05) is 81.0 Å². The molecular weight excluding hydrogens is 709 g/mol. The fourth-order valence-corrected chi connectivity index (χ4v) is 7.98. The second-order valence-electron chi connectivity index (χ2n) is 13.8. The maximum atomic E-state index is 11.1. The molecule has 2 fully saturated rings. The van der Waals surface area contributed by atoms with Gasteiger partial charge in [-0.15, -0.1) is 0 Å². The van der Waals surface area contributed by atoms with E-state index >= 15 is 0 Å². The Hall–Kier alpha value is -5.52. The summed E-state index contributed by atoms with van der Waals surface area (Å²) in [4.78, 5) is 4.70. The molecule has 2 saturated heterocycles. The Morgan fingerprint density at radius 3 is 1.52 bits per heavy atom. The maximum Gasteiger partial charge on any atom is 0.165 e. The molecule has 2 aliphatic heterocycles. The van der Waals surface area contributed by atoms with Crippen LogP contribution in [0.15, 0.2) is 109 Å². The zero-order chi connectivity index (χ0) is 39.0. The number of phenolic OH excluding ortho intramolecular Hbond substituents is 2. The van der Waals surface area contributed by atoms with Gasteiger partial charge in [-0.1, -0.05) is 66.7 Å². The number of phenols is 2. The molecule has 0 amide bonds. The molecule has 56 heavy (non-hydrogen) atoms. The third-order valence-electron chi connectivity index (χ3n) is 10.7. The number of methoxy groups -OCH3 is 4. The first-order valence-corrected chi connectivity index (χ1v) is 18.9. The topological polar surface area (TPSA) is 102 Å². The quantitative estimate of drug-likeness (QED) is 0.143. The highest BCUT2D eigenvalue weighted by molar-refractivity contribution is 5.91. The van der Waals surface area contributed by atoms with Crippen LogP contribution in [0.4, 0.5) is 0 Å². The van der Waals surface area contributed by atoms with Crippen molar-refractivity contribution in [2.45, 2.75) is 12.1 Å². The summed E-state index contributed by atoms with van der Waals surface area (Å²) in [5.41, 5.74) is 3.85. The number of benzene rings is 6. The van der Waals surface area contributed by atoms with Gasteiger partial charge in [-0.3, -0.25) is 9.80 Å². The second kappa shape index (κ2) is 18.0. The lowest BCUT2D eigenvalue weighted by atomic mass is 9.90. The molecule has 0 bridgehead atoms. The highest BCUT2D eigenvalue weighted by Gasteiger charge is 2.32. The van der Waals surface area contributed by atoms with Crippen molar-refractivity contribution >= 4 is 21.5 Å². The van der Waals surface area contributed by atoms with Gasteiger partial charge in [0.25, 0.3) is 0 Å². The van der Waals surface area contributed by atoms with Gasteiger partial charge < -0.3 is 38.6 Å². The summed E-state index contributed by atoms with van der Waals surface area (Å²) < 4.78 is 33.4. The van der Waals surface area contributed by atoms with Crippen LogP contribution in [0.2, 0.25) is 0 Å². The predicted octanol–water partition coefficient (Wildman–Crippen LogP) is 7.97. The lowest BCUT2D eigenvalue weighted by Gasteiger charge is -2.36. The number of rotatable bonds is 10. The van der Waals surface area contributed by atoms with Crippen LogP contribution in [0.1, 0.15) is 34.3 Å². The Morgan fingerprint density at radius 1 is 0.518 bits per heavy atom. The molecule has 10 heteroatoms. The standard InChI is InChI=1S/C24H27NO5.C22H23NO3/c1-27-17-9-7-16-8-10-20(26)22(19(16)15-17)23(25-11-13-30-14-12-25)18-5-4-6-21(28-2)24(18)29-3;1-25-18-9-7-16-8-10-20(24)21(19(16)15-18)22(17-5-3-2-4-6-17)23-11-13-26-14-12-23/h4-10,15,23,26H,11-14H2,1-3H3;2-10,15,22,24H,11-14H2,1H3. The van der Waals surface area contributed by atoms with Gasteiger partial charge in [-0.2, -0.15) is 0 Å². The Bertz CT molecular complexity index is 2240. The van der Waals surface area contributed by atoms with E-state index in [9.17, 15) is 10.2 Å². The number of hydrogen-bond acceptors (Lipinski definition) is 10. The van der Waals surface area contributed by atoms with E-state index in [0.29, 0.717) is 43.7 Å². The number of morpholine rings is 2. The van der Waals surface area contributed by atoms with E-state index in [1.807, 2.05) is 84.9 Å². The first kappa shape index (κ1) is 38.7. The molecule has 292 valence electrons. The van der Waals surface area contributed by atoms with Crippen molar-refractivity contribution in [1.82, 2.24) is 9.80 Å². The Kier molecular flexibility index (Phi) is 12.4. The zero-order valence-corrected chi connectivity index (χ0v) is 32.4. The van der Waals surface area contributed by atoms with Gasteiger partial charge in [0.05, 0.1) is 67.0 Å². The van der Waals surface area contributed by atoms with Crippen molar-refractivity contribution in [3.05, 3.63) is 131 Å². The van der Waals surface area contributed by atoms with Crippen LogP contribution in [0, 0.1) is 0 Å². The first-order valence-electron chi connectivity index (χ1n) is 18.9. The number of ether oxygens (including phenoxy) is 6.